The maximum Gasteiger partial charge on any atom is 0.233 e. The number of terminal acetylenes is 1. The van der Waals surface area contributed by atoms with Crippen molar-refractivity contribution in [2.24, 2.45) is 0 Å². The number of amides is 2. The molecule has 0 aliphatic heterocycles. The zero-order valence-electron chi connectivity index (χ0n) is 14.9. The number of nitrogens with zero attached hydrogens (tertiary/aromatic N) is 1. The lowest BCUT2D eigenvalue weighted by Crippen LogP contribution is -2.33. The smallest absolute Gasteiger partial charge is 0.233 e. The molecular formula is C21H21FN2O2. The van der Waals surface area contributed by atoms with Crippen molar-refractivity contribution in [1.82, 2.24) is 4.90 Å². The van der Waals surface area contributed by atoms with Crippen molar-refractivity contribution in [2.45, 2.75) is 26.8 Å². The molecule has 0 saturated carbocycles. The topological polar surface area (TPSA) is 49.4 Å². The predicted molar refractivity (Wildman–Crippen MR) is 99.8 cm³/mol. The van der Waals surface area contributed by atoms with Gasteiger partial charge in [0.25, 0.3) is 0 Å². The number of hydrogen-bond donors (Lipinski definition) is 1. The minimum absolute atomic E-state index is 0.0764. The number of anilines is 1. The van der Waals surface area contributed by atoms with Crippen molar-refractivity contribution in [3.05, 3.63) is 65.0 Å². The molecule has 26 heavy (non-hydrogen) atoms. The van der Waals surface area contributed by atoms with Crippen LogP contribution in [0, 0.1) is 32.0 Å². The van der Waals surface area contributed by atoms with Crippen LogP contribution in [0.3, 0.4) is 0 Å². The minimum atomic E-state index is -0.398. The summed E-state index contributed by atoms with van der Waals surface area (Å²) in [5, 5.41) is 2.76. The molecule has 4 nitrogen and oxygen atoms in total. The number of aryl methyl sites for hydroxylation is 1. The molecule has 0 aliphatic carbocycles. The van der Waals surface area contributed by atoms with Crippen molar-refractivity contribution < 1.29 is 14.0 Å². The number of halogens is 1. The van der Waals surface area contributed by atoms with Crippen LogP contribution in [0.25, 0.3) is 0 Å². The van der Waals surface area contributed by atoms with Gasteiger partial charge in [0.1, 0.15) is 12.2 Å². The first kappa shape index (κ1) is 19.2. The molecule has 2 aromatic rings. The van der Waals surface area contributed by atoms with Gasteiger partial charge in [-0.2, -0.15) is 0 Å². The van der Waals surface area contributed by atoms with Crippen LogP contribution in [0.2, 0.25) is 0 Å². The van der Waals surface area contributed by atoms with E-state index >= 15 is 0 Å². The van der Waals surface area contributed by atoms with E-state index in [-0.39, 0.29) is 31.2 Å². The van der Waals surface area contributed by atoms with E-state index in [1.54, 1.807) is 18.2 Å². The molecule has 0 aliphatic rings. The van der Waals surface area contributed by atoms with Crippen LogP contribution in [0.15, 0.2) is 42.5 Å². The fourth-order valence-electron chi connectivity index (χ4n) is 2.48. The number of hydrogen-bond acceptors (Lipinski definition) is 2. The lowest BCUT2D eigenvalue weighted by molar-refractivity contribution is -0.134. The summed E-state index contributed by atoms with van der Waals surface area (Å²) in [5.74, 6) is 1.29. The summed E-state index contributed by atoms with van der Waals surface area (Å²) in [6.45, 7) is 4.16. The molecule has 0 atom stereocenters. The first-order chi connectivity index (χ1) is 12.4. The summed E-state index contributed by atoms with van der Waals surface area (Å²) in [4.78, 5) is 26.1. The van der Waals surface area contributed by atoms with Crippen LogP contribution in [0.4, 0.5) is 10.1 Å². The van der Waals surface area contributed by atoms with E-state index in [2.05, 4.69) is 11.2 Å². The Morgan fingerprint density at radius 1 is 1.15 bits per heavy atom. The fourth-order valence-corrected chi connectivity index (χ4v) is 2.48. The molecule has 5 heteroatoms. The van der Waals surface area contributed by atoms with Gasteiger partial charge in [-0.1, -0.05) is 30.2 Å². The third-order valence-corrected chi connectivity index (χ3v) is 4.11. The van der Waals surface area contributed by atoms with Crippen molar-refractivity contribution in [3.63, 3.8) is 0 Å². The third-order valence-electron chi connectivity index (χ3n) is 4.11. The van der Waals surface area contributed by atoms with Gasteiger partial charge in [0.15, 0.2) is 0 Å². The van der Waals surface area contributed by atoms with Crippen LogP contribution in [-0.2, 0) is 16.1 Å². The SMILES string of the molecule is C#CCN(Cc1ccc(F)cc1)C(=O)CC(=O)Nc1cccc(C)c1C. The lowest BCUT2D eigenvalue weighted by atomic mass is 10.1. The van der Waals surface area contributed by atoms with Gasteiger partial charge in [-0.15, -0.1) is 6.42 Å². The Bertz CT molecular complexity index is 838. The molecule has 2 aromatic carbocycles. The molecule has 0 aromatic heterocycles. The lowest BCUT2D eigenvalue weighted by Gasteiger charge is -2.20. The van der Waals surface area contributed by atoms with Crippen LogP contribution in [0.1, 0.15) is 23.1 Å². The highest BCUT2D eigenvalue weighted by molar-refractivity contribution is 6.04. The first-order valence-corrected chi connectivity index (χ1v) is 8.22. The van der Waals surface area contributed by atoms with E-state index in [1.165, 1.54) is 17.0 Å². The fraction of sp³-hybridized carbons (Fsp3) is 0.238. The van der Waals surface area contributed by atoms with E-state index in [0.717, 1.165) is 16.7 Å². The number of carbonyl (C=O) groups is 2. The van der Waals surface area contributed by atoms with Gasteiger partial charge in [-0.05, 0) is 48.7 Å². The Kier molecular flexibility index (Phi) is 6.51. The monoisotopic (exact) mass is 352 g/mol. The van der Waals surface area contributed by atoms with Crippen molar-refractivity contribution in [1.29, 1.82) is 0 Å². The van der Waals surface area contributed by atoms with E-state index in [4.69, 9.17) is 6.42 Å². The van der Waals surface area contributed by atoms with Gasteiger partial charge < -0.3 is 10.2 Å². The molecule has 0 spiro atoms. The highest BCUT2D eigenvalue weighted by atomic mass is 19.1. The zero-order valence-corrected chi connectivity index (χ0v) is 14.9. The van der Waals surface area contributed by atoms with Crippen molar-refractivity contribution in [3.8, 4) is 12.3 Å². The van der Waals surface area contributed by atoms with E-state index in [1.807, 2.05) is 26.0 Å². The quantitative estimate of drug-likeness (QED) is 0.640. The Balaban J connectivity index is 2.02. The number of rotatable bonds is 6. The number of benzene rings is 2. The molecule has 0 radical (unpaired) electrons. The second-order valence-corrected chi connectivity index (χ2v) is 6.05. The second kappa shape index (κ2) is 8.82. The van der Waals surface area contributed by atoms with Gasteiger partial charge in [0, 0.05) is 12.2 Å². The maximum absolute atomic E-state index is 13.0. The van der Waals surface area contributed by atoms with Gasteiger partial charge in [-0.3, -0.25) is 9.59 Å². The molecule has 0 saturated heterocycles. The van der Waals surface area contributed by atoms with E-state index in [9.17, 15) is 14.0 Å². The van der Waals surface area contributed by atoms with Gasteiger partial charge in [-0.25, -0.2) is 4.39 Å². The van der Waals surface area contributed by atoms with Crippen LogP contribution < -0.4 is 5.32 Å². The summed E-state index contributed by atoms with van der Waals surface area (Å²) in [6, 6.07) is 11.4. The van der Waals surface area contributed by atoms with E-state index < -0.39 is 5.91 Å². The summed E-state index contributed by atoms with van der Waals surface area (Å²) in [7, 11) is 0. The Hall–Kier alpha value is -3.13. The Labute approximate surface area is 153 Å². The van der Waals surface area contributed by atoms with Crippen LogP contribution in [-0.4, -0.2) is 23.3 Å². The second-order valence-electron chi connectivity index (χ2n) is 6.05. The third kappa shape index (κ3) is 5.18. The molecular weight excluding hydrogens is 331 g/mol. The largest absolute Gasteiger partial charge is 0.327 e. The van der Waals surface area contributed by atoms with Crippen LogP contribution >= 0.6 is 0 Å². The van der Waals surface area contributed by atoms with Gasteiger partial charge >= 0.3 is 0 Å². The molecule has 0 bridgehead atoms. The summed E-state index contributed by atoms with van der Waals surface area (Å²) in [5.41, 5.74) is 3.44. The molecule has 134 valence electrons. The normalized spacial score (nSPS) is 10.1. The Morgan fingerprint density at radius 2 is 1.85 bits per heavy atom. The average molecular weight is 352 g/mol. The molecule has 0 fully saturated rings. The number of carbonyl (C=O) groups excluding carboxylic acids is 2. The van der Waals surface area contributed by atoms with Gasteiger partial charge in [0.05, 0.1) is 6.54 Å². The zero-order chi connectivity index (χ0) is 19.1. The molecule has 1 N–H and O–H groups in total. The van der Waals surface area contributed by atoms with Crippen molar-refractivity contribution in [2.75, 3.05) is 11.9 Å². The van der Waals surface area contributed by atoms with E-state index in [0.29, 0.717) is 5.69 Å². The van der Waals surface area contributed by atoms with Crippen molar-refractivity contribution >= 4 is 17.5 Å². The van der Waals surface area contributed by atoms with Crippen LogP contribution in [0.5, 0.6) is 0 Å². The molecule has 2 amide bonds. The van der Waals surface area contributed by atoms with Gasteiger partial charge in [0.2, 0.25) is 11.8 Å². The summed E-state index contributed by atoms with van der Waals surface area (Å²) < 4.78 is 13.0. The molecule has 2 rings (SSSR count). The number of nitrogens with one attached hydrogen (secondary N) is 1. The standard InChI is InChI=1S/C21H21FN2O2/c1-4-12-24(14-17-8-10-18(22)11-9-17)21(26)13-20(25)23-19-7-5-6-15(2)16(19)3/h1,5-11H,12-14H2,2-3H3,(H,23,25). The average Bonchev–Trinajstić information content (AvgIpc) is 2.60. The predicted octanol–water partition coefficient (Wildman–Crippen LogP) is 3.43. The molecule has 0 heterocycles. The summed E-state index contributed by atoms with van der Waals surface area (Å²) in [6.07, 6.45) is 5.02. The molecule has 0 unspecified atom stereocenters. The highest BCUT2D eigenvalue weighted by Gasteiger charge is 2.18. The Morgan fingerprint density at radius 3 is 2.50 bits per heavy atom. The highest BCUT2D eigenvalue weighted by Crippen LogP contribution is 2.18. The first-order valence-electron chi connectivity index (χ1n) is 8.22. The minimum Gasteiger partial charge on any atom is -0.327 e. The summed E-state index contributed by atoms with van der Waals surface area (Å²) >= 11 is 0. The maximum atomic E-state index is 13.0.